The molecule has 1 N–H and O–H groups in total. The maximum Gasteiger partial charge on any atom is 0.127 e. The molecule has 0 unspecified atom stereocenters. The van der Waals surface area contributed by atoms with Gasteiger partial charge in [-0.3, -0.25) is 4.90 Å². The fourth-order valence-electron chi connectivity index (χ4n) is 3.80. The monoisotopic (exact) mass is 287 g/mol. The average molecular weight is 287 g/mol. The summed E-state index contributed by atoms with van der Waals surface area (Å²) in [6.07, 6.45) is 6.23. The summed E-state index contributed by atoms with van der Waals surface area (Å²) in [5, 5.41) is 12.5. The summed E-state index contributed by atoms with van der Waals surface area (Å²) in [5.41, 5.74) is 1.38. The fourth-order valence-corrected chi connectivity index (χ4v) is 3.80. The first-order valence-corrected chi connectivity index (χ1v) is 7.88. The highest BCUT2D eigenvalue weighted by molar-refractivity contribution is 5.33. The first-order chi connectivity index (χ1) is 10.2. The van der Waals surface area contributed by atoms with Crippen LogP contribution < -0.4 is 5.32 Å². The van der Waals surface area contributed by atoms with Gasteiger partial charge in [-0.05, 0) is 31.0 Å². The Hall–Kier alpha value is -1.44. The Morgan fingerprint density at radius 1 is 1.29 bits per heavy atom. The summed E-state index contributed by atoms with van der Waals surface area (Å²) < 4.78 is 14.1. The van der Waals surface area contributed by atoms with Crippen LogP contribution in [0.5, 0.6) is 0 Å². The largest absolute Gasteiger partial charge is 0.314 e. The van der Waals surface area contributed by atoms with Gasteiger partial charge in [-0.25, -0.2) is 4.39 Å². The SMILES string of the molecule is N#Cc1ccc(F)c(CN2CCNCC23CCCCC3)c1. The Kier molecular flexibility index (Phi) is 4.23. The summed E-state index contributed by atoms with van der Waals surface area (Å²) in [6, 6.07) is 6.78. The summed E-state index contributed by atoms with van der Waals surface area (Å²) in [7, 11) is 0. The minimum absolute atomic E-state index is 0.186. The van der Waals surface area contributed by atoms with E-state index in [1.165, 1.54) is 38.2 Å². The standard InChI is InChI=1S/C17H22FN3/c18-16-5-4-14(11-19)10-15(16)12-21-9-8-20-13-17(21)6-2-1-3-7-17/h4-5,10,20H,1-3,6-9,12-13H2. The summed E-state index contributed by atoms with van der Waals surface area (Å²) in [4.78, 5) is 2.45. The summed E-state index contributed by atoms with van der Waals surface area (Å²) in [6.45, 7) is 3.53. The average Bonchev–Trinajstić information content (AvgIpc) is 2.52. The van der Waals surface area contributed by atoms with Gasteiger partial charge in [0.2, 0.25) is 0 Å². The Balaban J connectivity index is 1.83. The van der Waals surface area contributed by atoms with Gasteiger partial charge in [0.1, 0.15) is 5.82 Å². The van der Waals surface area contributed by atoms with Gasteiger partial charge >= 0.3 is 0 Å². The molecule has 0 amide bonds. The van der Waals surface area contributed by atoms with Gasteiger partial charge in [0.25, 0.3) is 0 Å². The van der Waals surface area contributed by atoms with Gasteiger partial charge in [-0.2, -0.15) is 5.26 Å². The molecule has 2 fully saturated rings. The zero-order valence-corrected chi connectivity index (χ0v) is 12.4. The molecule has 0 bridgehead atoms. The number of hydrogen-bond acceptors (Lipinski definition) is 3. The fraction of sp³-hybridized carbons (Fsp3) is 0.588. The zero-order valence-electron chi connectivity index (χ0n) is 12.4. The second-order valence-electron chi connectivity index (χ2n) is 6.30. The maximum absolute atomic E-state index is 14.1. The Morgan fingerprint density at radius 2 is 2.10 bits per heavy atom. The van der Waals surface area contributed by atoms with Crippen LogP contribution in [0.3, 0.4) is 0 Å². The van der Waals surface area contributed by atoms with E-state index >= 15 is 0 Å². The predicted octanol–water partition coefficient (Wildman–Crippen LogP) is 2.81. The van der Waals surface area contributed by atoms with E-state index < -0.39 is 0 Å². The molecule has 112 valence electrons. The van der Waals surface area contributed by atoms with Crippen LogP contribution in [0.25, 0.3) is 0 Å². The van der Waals surface area contributed by atoms with E-state index in [9.17, 15) is 4.39 Å². The first-order valence-electron chi connectivity index (χ1n) is 7.88. The topological polar surface area (TPSA) is 39.1 Å². The number of nitrogens with zero attached hydrogens (tertiary/aromatic N) is 2. The third kappa shape index (κ3) is 2.95. The number of benzene rings is 1. The highest BCUT2D eigenvalue weighted by Gasteiger charge is 2.39. The van der Waals surface area contributed by atoms with Crippen LogP contribution in [-0.2, 0) is 6.54 Å². The van der Waals surface area contributed by atoms with Gasteiger partial charge in [0.05, 0.1) is 11.6 Å². The number of piperazine rings is 1. The highest BCUT2D eigenvalue weighted by atomic mass is 19.1. The Labute approximate surface area is 125 Å². The van der Waals surface area contributed by atoms with Gasteiger partial charge < -0.3 is 5.32 Å². The van der Waals surface area contributed by atoms with Gasteiger partial charge in [-0.15, -0.1) is 0 Å². The molecule has 1 saturated heterocycles. The van der Waals surface area contributed by atoms with Crippen molar-refractivity contribution in [2.45, 2.75) is 44.2 Å². The van der Waals surface area contributed by atoms with Crippen molar-refractivity contribution in [3.63, 3.8) is 0 Å². The molecule has 0 aromatic heterocycles. The van der Waals surface area contributed by atoms with Crippen LogP contribution in [0.4, 0.5) is 4.39 Å². The van der Waals surface area contributed by atoms with E-state index in [1.807, 2.05) is 0 Å². The van der Waals surface area contributed by atoms with Crippen LogP contribution in [0, 0.1) is 17.1 Å². The molecule has 0 atom stereocenters. The molecule has 21 heavy (non-hydrogen) atoms. The molecule has 4 heteroatoms. The molecule has 1 spiro atoms. The minimum Gasteiger partial charge on any atom is -0.314 e. The van der Waals surface area contributed by atoms with Crippen molar-refractivity contribution in [2.24, 2.45) is 0 Å². The zero-order chi connectivity index (χ0) is 14.7. The molecule has 1 aromatic rings. The maximum atomic E-state index is 14.1. The molecule has 1 aliphatic carbocycles. The van der Waals surface area contributed by atoms with E-state index in [4.69, 9.17) is 5.26 Å². The molecule has 3 rings (SSSR count). The lowest BCUT2D eigenvalue weighted by Gasteiger charge is -2.50. The molecule has 1 saturated carbocycles. The second kappa shape index (κ2) is 6.13. The van der Waals surface area contributed by atoms with Crippen LogP contribution in [-0.4, -0.2) is 30.1 Å². The third-order valence-corrected chi connectivity index (χ3v) is 5.00. The lowest BCUT2D eigenvalue weighted by molar-refractivity contribution is 0.0201. The van der Waals surface area contributed by atoms with Crippen molar-refractivity contribution < 1.29 is 4.39 Å². The van der Waals surface area contributed by atoms with E-state index in [-0.39, 0.29) is 11.4 Å². The molecule has 0 radical (unpaired) electrons. The quantitative estimate of drug-likeness (QED) is 0.909. The van der Waals surface area contributed by atoms with Crippen molar-refractivity contribution in [3.05, 3.63) is 35.1 Å². The molecule has 1 aliphatic heterocycles. The van der Waals surface area contributed by atoms with E-state index in [1.54, 1.807) is 12.1 Å². The van der Waals surface area contributed by atoms with Crippen molar-refractivity contribution >= 4 is 0 Å². The molecule has 3 nitrogen and oxygen atoms in total. The normalized spacial score (nSPS) is 22.1. The predicted molar refractivity (Wildman–Crippen MR) is 80.2 cm³/mol. The number of nitrogens with one attached hydrogen (secondary N) is 1. The minimum atomic E-state index is -0.196. The highest BCUT2D eigenvalue weighted by Crippen LogP contribution is 2.35. The Morgan fingerprint density at radius 3 is 2.86 bits per heavy atom. The smallest absolute Gasteiger partial charge is 0.127 e. The Bertz CT molecular complexity index is 535. The second-order valence-corrected chi connectivity index (χ2v) is 6.30. The summed E-state index contributed by atoms with van der Waals surface area (Å²) >= 11 is 0. The van der Waals surface area contributed by atoms with E-state index in [0.29, 0.717) is 17.7 Å². The van der Waals surface area contributed by atoms with Crippen molar-refractivity contribution in [2.75, 3.05) is 19.6 Å². The molecular formula is C17H22FN3. The molecule has 2 aliphatic rings. The number of hydrogen-bond donors (Lipinski definition) is 1. The third-order valence-electron chi connectivity index (χ3n) is 5.00. The van der Waals surface area contributed by atoms with Crippen LogP contribution in [0.15, 0.2) is 18.2 Å². The van der Waals surface area contributed by atoms with Crippen molar-refractivity contribution in [3.8, 4) is 6.07 Å². The number of rotatable bonds is 2. The molecule has 1 aromatic carbocycles. The molecule has 1 heterocycles. The first kappa shape index (κ1) is 14.5. The lowest BCUT2D eigenvalue weighted by atomic mass is 9.79. The van der Waals surface area contributed by atoms with Gasteiger partial charge in [0, 0.05) is 37.3 Å². The van der Waals surface area contributed by atoms with E-state index in [2.05, 4.69) is 16.3 Å². The van der Waals surface area contributed by atoms with Gasteiger partial charge in [0.15, 0.2) is 0 Å². The van der Waals surface area contributed by atoms with Crippen molar-refractivity contribution in [1.82, 2.24) is 10.2 Å². The van der Waals surface area contributed by atoms with Gasteiger partial charge in [-0.1, -0.05) is 19.3 Å². The van der Waals surface area contributed by atoms with E-state index in [0.717, 1.165) is 19.6 Å². The number of nitriles is 1. The van der Waals surface area contributed by atoms with Crippen molar-refractivity contribution in [1.29, 1.82) is 5.26 Å². The summed E-state index contributed by atoms with van der Waals surface area (Å²) in [5.74, 6) is -0.196. The molecular weight excluding hydrogens is 265 g/mol. The van der Waals surface area contributed by atoms with Crippen LogP contribution in [0.1, 0.15) is 43.2 Å². The van der Waals surface area contributed by atoms with Crippen LogP contribution in [0.2, 0.25) is 0 Å². The number of halogens is 1. The van der Waals surface area contributed by atoms with Crippen LogP contribution >= 0.6 is 0 Å². The lowest BCUT2D eigenvalue weighted by Crippen LogP contribution is -2.61.